The van der Waals surface area contributed by atoms with E-state index in [-0.39, 0.29) is 107 Å². The van der Waals surface area contributed by atoms with Gasteiger partial charge in [-0.25, -0.2) is 0 Å². The van der Waals surface area contributed by atoms with Crippen LogP contribution in [-0.4, -0.2) is 171 Å². The van der Waals surface area contributed by atoms with Crippen LogP contribution < -0.4 is 54.4 Å². The average molecular weight is 1220 g/mol. The Bertz CT molecular complexity index is 2500. The van der Waals surface area contributed by atoms with Gasteiger partial charge in [-0.2, -0.15) is 0 Å². The molecule has 1 aliphatic carbocycles. The number of benzene rings is 1. The number of likely N-dealkylation sites (N-methyl/N-ethyl adjacent to an activating group) is 1. The van der Waals surface area contributed by atoms with Gasteiger partial charge in [0.2, 0.25) is 59.1 Å². The third kappa shape index (κ3) is 25.1. The number of hydrogen-bond donors (Lipinski definition) is 12. The lowest BCUT2D eigenvalue weighted by molar-refractivity contribution is -0.149. The molecule has 0 aromatic heterocycles. The number of amides is 10. The van der Waals surface area contributed by atoms with Gasteiger partial charge in [0.15, 0.2) is 5.96 Å². The first-order valence-corrected chi connectivity index (χ1v) is 31.0. The van der Waals surface area contributed by atoms with E-state index in [1.54, 1.807) is 44.2 Å². The summed E-state index contributed by atoms with van der Waals surface area (Å²) >= 11 is 0. The van der Waals surface area contributed by atoms with Gasteiger partial charge < -0.3 is 74.4 Å². The number of hydrogen-bond acceptors (Lipinski definition) is 13. The maximum Gasteiger partial charge on any atom is 0.305 e. The van der Waals surface area contributed by atoms with Crippen LogP contribution in [0.1, 0.15) is 177 Å². The first-order valence-electron chi connectivity index (χ1n) is 31.0. The second-order valence-corrected chi connectivity index (χ2v) is 24.7. The van der Waals surface area contributed by atoms with E-state index in [4.69, 9.17) is 17.2 Å². The van der Waals surface area contributed by atoms with Gasteiger partial charge in [-0.1, -0.05) is 124 Å². The minimum absolute atomic E-state index is 0.0244. The van der Waals surface area contributed by atoms with Crippen LogP contribution in [0.5, 0.6) is 0 Å². The molecular weight excluding hydrogens is 1120 g/mol. The largest absolute Gasteiger partial charge is 0.481 e. The van der Waals surface area contributed by atoms with Gasteiger partial charge >= 0.3 is 5.97 Å². The molecule has 26 heteroatoms. The fraction of sp³-hybridized carbons (Fsp3) is 0.705. The predicted molar refractivity (Wildman–Crippen MR) is 327 cm³/mol. The monoisotopic (exact) mass is 1220 g/mol. The molecule has 9 atom stereocenters. The fourth-order valence-electron chi connectivity index (χ4n) is 10.9. The van der Waals surface area contributed by atoms with Crippen molar-refractivity contribution in [2.75, 3.05) is 20.1 Å². The number of unbranched alkanes of at least 4 members (excludes halogenated alkanes) is 4. The minimum Gasteiger partial charge on any atom is -0.481 e. The summed E-state index contributed by atoms with van der Waals surface area (Å²) in [5, 5.41) is 40.0. The Labute approximate surface area is 512 Å². The number of aliphatic carboxylic acids is 1. The average Bonchev–Trinajstić information content (AvgIpc) is 2.03. The van der Waals surface area contributed by atoms with Gasteiger partial charge in [-0.05, 0) is 81.6 Å². The summed E-state index contributed by atoms with van der Waals surface area (Å²) in [6, 6.07) is -1.73. The van der Waals surface area contributed by atoms with Crippen LogP contribution in [0.15, 0.2) is 35.3 Å². The van der Waals surface area contributed by atoms with Crippen molar-refractivity contribution in [3.63, 3.8) is 0 Å². The smallest absolute Gasteiger partial charge is 0.305 e. The number of nitrogens with two attached hydrogens (primary N) is 3. The highest BCUT2D eigenvalue weighted by atomic mass is 16.4. The summed E-state index contributed by atoms with van der Waals surface area (Å²) in [6.07, 6.45) is 5.27. The number of nitrogens with one attached hydrogen (secondary N) is 7. The number of carboxylic acid groups (broad SMARTS) is 1. The molecule has 1 saturated heterocycles. The van der Waals surface area contributed by atoms with Crippen LogP contribution in [-0.2, 0) is 59.2 Å². The maximum absolute atomic E-state index is 14.9. The third-order valence-electron chi connectivity index (χ3n) is 15.6. The van der Waals surface area contributed by atoms with Crippen LogP contribution in [0, 0.1) is 17.8 Å². The Balaban J connectivity index is 1.90. The Morgan fingerprint density at radius 2 is 1.21 bits per heavy atom. The molecule has 1 saturated carbocycles. The Morgan fingerprint density at radius 1 is 0.655 bits per heavy atom. The van der Waals surface area contributed by atoms with E-state index < -0.39 is 126 Å². The Kier molecular flexibility index (Phi) is 31.2. The number of β-amino-alcohol motifs (C(OH)–C–C–N with tert-alkyl or cyclic N) is 1. The van der Waals surface area contributed by atoms with Crippen molar-refractivity contribution in [2.45, 2.75) is 237 Å². The summed E-state index contributed by atoms with van der Waals surface area (Å²) in [4.78, 5) is 159. The quantitative estimate of drug-likeness (QED) is 0.0254. The van der Waals surface area contributed by atoms with Crippen molar-refractivity contribution < 1.29 is 63.0 Å². The molecule has 1 aliphatic heterocycles. The van der Waals surface area contributed by atoms with Gasteiger partial charge in [0.1, 0.15) is 53.9 Å². The standard InChI is InChI=1S/C61H101N13O13/c1-10-11-12-13-18-25-49(76)66-39(8)51(79)68-44(32-40-22-16-14-17-23-40)53(81)69-43(29-36(2)3)52(80)71-46(30-37(4)5)57(85)74-35-41(75)33-48(74)58(86)73(9)47(31-38(6)7)56(84)70-45(34-50(77)78)54(82)67-42(24-21-28-65-60(63)64)55(83)72-61(59(62)87)26-19-15-20-27-61/h14,16-17,22-23,36-39,41-48,75H,10-13,15,18-21,24-35H2,1-9H3,(H2,62,87)(H,66,76)(H,67,82)(H,68,79)(H,69,81)(H,70,84)(H,71,80)(H,72,83)(H,77,78)(H4,63,64,65)/t39-,41-,42+,43-,44+,45+,46+,47+,48+/m1/s1. The first kappa shape index (κ1) is 73.9. The molecule has 26 nitrogen and oxygen atoms in total. The first-order chi connectivity index (χ1) is 41.0. The van der Waals surface area contributed by atoms with E-state index in [0.29, 0.717) is 24.8 Å². The molecule has 0 radical (unpaired) electrons. The van der Waals surface area contributed by atoms with E-state index in [0.717, 1.165) is 41.9 Å². The normalized spacial score (nSPS) is 17.9. The van der Waals surface area contributed by atoms with Crippen molar-refractivity contribution in [3.05, 3.63) is 35.9 Å². The predicted octanol–water partition coefficient (Wildman–Crippen LogP) is 1.28. The lowest BCUT2D eigenvalue weighted by Gasteiger charge is -2.36. The number of guanidine groups is 1. The summed E-state index contributed by atoms with van der Waals surface area (Å²) in [7, 11) is 1.30. The van der Waals surface area contributed by atoms with Crippen molar-refractivity contribution >= 4 is 71.0 Å². The third-order valence-corrected chi connectivity index (χ3v) is 15.6. The molecule has 87 heavy (non-hydrogen) atoms. The van der Waals surface area contributed by atoms with Crippen LogP contribution in [0.3, 0.4) is 0 Å². The van der Waals surface area contributed by atoms with Crippen molar-refractivity contribution in [2.24, 2.45) is 39.9 Å². The number of primary amides is 1. The van der Waals surface area contributed by atoms with E-state index in [1.807, 2.05) is 27.7 Å². The van der Waals surface area contributed by atoms with E-state index in [9.17, 15) is 63.0 Å². The van der Waals surface area contributed by atoms with Crippen molar-refractivity contribution in [3.8, 4) is 0 Å². The number of aliphatic imine (C=N–C) groups is 1. The fourth-order valence-corrected chi connectivity index (χ4v) is 10.9. The van der Waals surface area contributed by atoms with Gasteiger partial charge in [-0.15, -0.1) is 0 Å². The summed E-state index contributed by atoms with van der Waals surface area (Å²) in [6.45, 7) is 14.2. The van der Waals surface area contributed by atoms with Gasteiger partial charge in [0, 0.05) is 39.4 Å². The van der Waals surface area contributed by atoms with Gasteiger partial charge in [-0.3, -0.25) is 57.7 Å². The van der Waals surface area contributed by atoms with E-state index >= 15 is 0 Å². The highest BCUT2D eigenvalue weighted by Gasteiger charge is 2.46. The lowest BCUT2D eigenvalue weighted by Crippen LogP contribution is -2.63. The Morgan fingerprint density at radius 3 is 1.79 bits per heavy atom. The molecule has 15 N–H and O–H groups in total. The zero-order chi connectivity index (χ0) is 65.1. The zero-order valence-electron chi connectivity index (χ0n) is 52.6. The highest BCUT2D eigenvalue weighted by Crippen LogP contribution is 2.29. The molecular formula is C61H101N13O13. The summed E-state index contributed by atoms with van der Waals surface area (Å²) in [5.74, 6) is -9.79. The molecule has 10 amide bonds. The van der Waals surface area contributed by atoms with Crippen LogP contribution in [0.4, 0.5) is 0 Å². The number of rotatable bonds is 37. The number of carbonyl (C=O) groups is 11. The molecule has 1 aromatic rings. The Hall–Kier alpha value is -7.38. The number of aliphatic hydroxyl groups is 1. The SMILES string of the molecule is CCCCCCCC(=O)N[C@H](C)C(=O)N[C@@H](Cc1ccccc1)C(=O)N[C@H](CC(C)C)C(=O)N[C@@H](CC(C)C)C(=O)N1C[C@H](O)C[C@H]1C(=O)N(C)[C@@H](CC(C)C)C(=O)N[C@@H](CC(=O)O)C(=O)N[C@@H](CCCN=C(N)N)C(=O)NC1(C(N)=O)CCCCC1. The molecule has 2 aliphatic rings. The van der Waals surface area contributed by atoms with Crippen LogP contribution in [0.2, 0.25) is 0 Å². The molecule has 0 unspecified atom stereocenters. The van der Waals surface area contributed by atoms with E-state index in [1.165, 1.54) is 14.0 Å². The van der Waals surface area contributed by atoms with Crippen molar-refractivity contribution in [1.82, 2.24) is 47.0 Å². The second kappa shape index (κ2) is 36.7. The molecule has 1 heterocycles. The number of carbonyl (C=O) groups excluding carboxylic acids is 10. The summed E-state index contributed by atoms with van der Waals surface area (Å²) < 4.78 is 0. The van der Waals surface area contributed by atoms with Crippen LogP contribution in [0.25, 0.3) is 0 Å². The number of nitrogens with zero attached hydrogens (tertiary/aromatic N) is 3. The highest BCUT2D eigenvalue weighted by molar-refractivity contribution is 5.99. The molecule has 3 rings (SSSR count). The number of aliphatic hydroxyl groups excluding tert-OH is 1. The summed E-state index contributed by atoms with van der Waals surface area (Å²) in [5.41, 5.74) is 16.1. The maximum atomic E-state index is 14.9. The molecule has 488 valence electrons. The van der Waals surface area contributed by atoms with Gasteiger partial charge in [0.25, 0.3) is 0 Å². The topological polar surface area (TPSA) is 409 Å². The minimum atomic E-state index is -1.80. The molecule has 1 aromatic carbocycles. The number of carboxylic acids is 1. The molecule has 0 spiro atoms. The lowest BCUT2D eigenvalue weighted by atomic mass is 9.80. The second-order valence-electron chi connectivity index (χ2n) is 24.7. The van der Waals surface area contributed by atoms with E-state index in [2.05, 4.69) is 49.1 Å². The molecule has 2 fully saturated rings. The van der Waals surface area contributed by atoms with Crippen LogP contribution >= 0.6 is 0 Å². The number of likely N-dealkylation sites (tertiary alicyclic amines) is 1. The van der Waals surface area contributed by atoms with Crippen molar-refractivity contribution in [1.29, 1.82) is 0 Å². The zero-order valence-corrected chi connectivity index (χ0v) is 52.6. The molecule has 0 bridgehead atoms. The van der Waals surface area contributed by atoms with Gasteiger partial charge in [0.05, 0.1) is 12.5 Å².